The molecule has 4 nitrogen and oxygen atoms in total. The van der Waals surface area contributed by atoms with Crippen LogP contribution in [0.15, 0.2) is 4.52 Å². The van der Waals surface area contributed by atoms with Crippen LogP contribution in [0.1, 0.15) is 51.7 Å². The van der Waals surface area contributed by atoms with Gasteiger partial charge in [0.2, 0.25) is 5.89 Å². The van der Waals surface area contributed by atoms with Crippen LogP contribution in [0.5, 0.6) is 0 Å². The highest BCUT2D eigenvalue weighted by Gasteiger charge is 2.13. The summed E-state index contributed by atoms with van der Waals surface area (Å²) in [6.07, 6.45) is 1.85. The van der Waals surface area contributed by atoms with Gasteiger partial charge in [-0.05, 0) is 19.9 Å². The van der Waals surface area contributed by atoms with Gasteiger partial charge in [0.1, 0.15) is 0 Å². The lowest BCUT2D eigenvalue weighted by Gasteiger charge is -2.08. The zero-order valence-electron chi connectivity index (χ0n) is 10.1. The van der Waals surface area contributed by atoms with Gasteiger partial charge < -0.3 is 9.84 Å². The minimum Gasteiger partial charge on any atom is -0.339 e. The first-order valence-corrected chi connectivity index (χ1v) is 5.73. The van der Waals surface area contributed by atoms with E-state index in [9.17, 15) is 0 Å². The molecule has 0 aliphatic carbocycles. The predicted octanol–water partition coefficient (Wildman–Crippen LogP) is 2.12. The molecule has 0 aliphatic heterocycles. The van der Waals surface area contributed by atoms with Crippen LogP contribution in [0.4, 0.5) is 0 Å². The van der Waals surface area contributed by atoms with Gasteiger partial charge in [-0.2, -0.15) is 4.98 Å². The van der Waals surface area contributed by atoms with Crippen molar-refractivity contribution < 1.29 is 4.52 Å². The van der Waals surface area contributed by atoms with Crippen LogP contribution >= 0.6 is 0 Å². The van der Waals surface area contributed by atoms with Crippen LogP contribution in [0.2, 0.25) is 0 Å². The molecule has 2 atom stereocenters. The molecular weight excluding hydrogens is 190 g/mol. The monoisotopic (exact) mass is 211 g/mol. The fourth-order valence-electron chi connectivity index (χ4n) is 1.42. The summed E-state index contributed by atoms with van der Waals surface area (Å²) in [7, 11) is 0. The topological polar surface area (TPSA) is 51.0 Å². The first kappa shape index (κ1) is 12.2. The van der Waals surface area contributed by atoms with Gasteiger partial charge in [0, 0.05) is 18.4 Å². The van der Waals surface area contributed by atoms with Crippen molar-refractivity contribution in [3.05, 3.63) is 11.7 Å². The second-order valence-electron chi connectivity index (χ2n) is 4.02. The van der Waals surface area contributed by atoms with Crippen LogP contribution in [0, 0.1) is 0 Å². The summed E-state index contributed by atoms with van der Waals surface area (Å²) in [5.41, 5.74) is 0. The van der Waals surface area contributed by atoms with E-state index in [0.717, 1.165) is 31.1 Å². The van der Waals surface area contributed by atoms with Crippen LogP contribution in [-0.4, -0.2) is 22.7 Å². The van der Waals surface area contributed by atoms with Crippen LogP contribution in [0.3, 0.4) is 0 Å². The fraction of sp³-hybridized carbons (Fsp3) is 0.818. The largest absolute Gasteiger partial charge is 0.339 e. The molecular formula is C11H21N3O. The summed E-state index contributed by atoms with van der Waals surface area (Å²) in [6, 6.07) is 0.389. The van der Waals surface area contributed by atoms with Crippen molar-refractivity contribution in [2.24, 2.45) is 0 Å². The quantitative estimate of drug-likeness (QED) is 0.783. The van der Waals surface area contributed by atoms with E-state index in [4.69, 9.17) is 4.52 Å². The Balaban J connectivity index is 2.52. The highest BCUT2D eigenvalue weighted by Crippen LogP contribution is 2.15. The zero-order chi connectivity index (χ0) is 11.3. The van der Waals surface area contributed by atoms with E-state index in [1.807, 2.05) is 0 Å². The third kappa shape index (κ3) is 3.63. The average molecular weight is 211 g/mol. The maximum absolute atomic E-state index is 5.20. The van der Waals surface area contributed by atoms with Crippen molar-refractivity contribution in [3.8, 4) is 0 Å². The Morgan fingerprint density at radius 2 is 2.07 bits per heavy atom. The molecule has 0 fully saturated rings. The second-order valence-corrected chi connectivity index (χ2v) is 4.02. The Bertz CT molecular complexity index is 285. The summed E-state index contributed by atoms with van der Waals surface area (Å²) in [5, 5.41) is 7.30. The summed E-state index contributed by atoms with van der Waals surface area (Å²) in [6.45, 7) is 9.42. The van der Waals surface area contributed by atoms with E-state index in [1.54, 1.807) is 0 Å². The molecule has 0 bridgehead atoms. The van der Waals surface area contributed by atoms with Gasteiger partial charge in [0.25, 0.3) is 0 Å². The number of nitrogens with one attached hydrogen (secondary N) is 1. The van der Waals surface area contributed by atoms with Crippen LogP contribution in [-0.2, 0) is 6.42 Å². The van der Waals surface area contributed by atoms with E-state index in [-0.39, 0.29) is 0 Å². The smallest absolute Gasteiger partial charge is 0.228 e. The number of hydrogen-bond acceptors (Lipinski definition) is 4. The van der Waals surface area contributed by atoms with Gasteiger partial charge in [-0.15, -0.1) is 0 Å². The van der Waals surface area contributed by atoms with E-state index >= 15 is 0 Å². The number of nitrogens with zero attached hydrogens (tertiary/aromatic N) is 2. The molecule has 1 heterocycles. The van der Waals surface area contributed by atoms with Crippen molar-refractivity contribution in [2.75, 3.05) is 6.54 Å². The number of hydrogen-bond donors (Lipinski definition) is 1. The Morgan fingerprint density at radius 3 is 2.67 bits per heavy atom. The second kappa shape index (κ2) is 5.85. The molecule has 1 rings (SSSR count). The third-order valence-corrected chi connectivity index (χ3v) is 2.57. The first-order chi connectivity index (χ1) is 7.17. The fourth-order valence-corrected chi connectivity index (χ4v) is 1.42. The molecule has 0 saturated carbocycles. The molecule has 0 saturated heterocycles. The molecule has 1 N–H and O–H groups in total. The summed E-state index contributed by atoms with van der Waals surface area (Å²) < 4.78 is 5.20. The molecule has 0 aliphatic rings. The number of aromatic nitrogens is 2. The van der Waals surface area contributed by atoms with Crippen molar-refractivity contribution in [3.63, 3.8) is 0 Å². The van der Waals surface area contributed by atoms with Gasteiger partial charge in [0.15, 0.2) is 5.82 Å². The lowest BCUT2D eigenvalue weighted by molar-refractivity contribution is 0.356. The molecule has 0 amide bonds. The molecule has 15 heavy (non-hydrogen) atoms. The Hall–Kier alpha value is -0.900. The van der Waals surface area contributed by atoms with Crippen LogP contribution < -0.4 is 5.32 Å². The standard InChI is InChI=1S/C11H21N3O/c1-5-8(3)11-13-10(15-14-11)7-9(4)12-6-2/h8-9,12H,5-7H2,1-4H3. The predicted molar refractivity (Wildman–Crippen MR) is 59.8 cm³/mol. The molecule has 1 aromatic rings. The highest BCUT2D eigenvalue weighted by molar-refractivity contribution is 4.94. The lowest BCUT2D eigenvalue weighted by Crippen LogP contribution is -2.27. The normalized spacial score (nSPS) is 15.2. The van der Waals surface area contributed by atoms with E-state index in [0.29, 0.717) is 12.0 Å². The van der Waals surface area contributed by atoms with E-state index in [2.05, 4.69) is 43.2 Å². The zero-order valence-corrected chi connectivity index (χ0v) is 10.1. The van der Waals surface area contributed by atoms with Crippen molar-refractivity contribution in [1.29, 1.82) is 0 Å². The first-order valence-electron chi connectivity index (χ1n) is 5.73. The maximum atomic E-state index is 5.20. The Morgan fingerprint density at radius 1 is 1.33 bits per heavy atom. The summed E-state index contributed by atoms with van der Waals surface area (Å²) in [5.74, 6) is 1.95. The lowest BCUT2D eigenvalue weighted by atomic mass is 10.1. The van der Waals surface area contributed by atoms with Crippen molar-refractivity contribution >= 4 is 0 Å². The van der Waals surface area contributed by atoms with Crippen molar-refractivity contribution in [2.45, 2.75) is 52.5 Å². The minimum atomic E-state index is 0.386. The highest BCUT2D eigenvalue weighted by atomic mass is 16.5. The molecule has 2 unspecified atom stereocenters. The molecule has 0 aromatic carbocycles. The molecule has 86 valence electrons. The van der Waals surface area contributed by atoms with E-state index in [1.165, 1.54) is 0 Å². The number of rotatable bonds is 6. The maximum Gasteiger partial charge on any atom is 0.228 e. The summed E-state index contributed by atoms with van der Waals surface area (Å²) >= 11 is 0. The van der Waals surface area contributed by atoms with Gasteiger partial charge in [-0.25, -0.2) is 0 Å². The number of likely N-dealkylation sites (N-methyl/N-ethyl adjacent to an activating group) is 1. The molecule has 0 spiro atoms. The van der Waals surface area contributed by atoms with Crippen LogP contribution in [0.25, 0.3) is 0 Å². The average Bonchev–Trinajstić information content (AvgIpc) is 2.65. The van der Waals surface area contributed by atoms with E-state index < -0.39 is 0 Å². The summed E-state index contributed by atoms with van der Waals surface area (Å²) in [4.78, 5) is 4.39. The van der Waals surface area contributed by atoms with Gasteiger partial charge in [0.05, 0.1) is 0 Å². The Kier molecular flexibility index (Phi) is 4.75. The Labute approximate surface area is 91.5 Å². The molecule has 4 heteroatoms. The van der Waals surface area contributed by atoms with Gasteiger partial charge in [-0.1, -0.05) is 25.9 Å². The SMILES string of the molecule is CCNC(C)Cc1nc(C(C)CC)no1. The van der Waals surface area contributed by atoms with Crippen molar-refractivity contribution in [1.82, 2.24) is 15.5 Å². The third-order valence-electron chi connectivity index (χ3n) is 2.57. The minimum absolute atomic E-state index is 0.386. The van der Waals surface area contributed by atoms with Gasteiger partial charge >= 0.3 is 0 Å². The molecule has 1 aromatic heterocycles. The molecule has 0 radical (unpaired) electrons. The van der Waals surface area contributed by atoms with Gasteiger partial charge in [-0.3, -0.25) is 0 Å².